The summed E-state index contributed by atoms with van der Waals surface area (Å²) < 4.78 is 16.4. The first kappa shape index (κ1) is 22.7. The number of rotatable bonds is 2. The number of carbonyl (C=O) groups excluding carboxylic acids is 3. The second kappa shape index (κ2) is 8.41. The molecule has 1 aliphatic rings. The summed E-state index contributed by atoms with van der Waals surface area (Å²) in [5.74, 6) is -0.267. The Bertz CT molecular complexity index is 751. The number of hydrazine groups is 1. The topological polar surface area (TPSA) is 94.2 Å². The third kappa shape index (κ3) is 5.69. The molecule has 160 valence electrons. The number of hydrogen-bond donors (Lipinski definition) is 1. The van der Waals surface area contributed by atoms with E-state index in [1.54, 1.807) is 71.9 Å². The van der Waals surface area contributed by atoms with Crippen molar-refractivity contribution in [3.8, 4) is 0 Å². The molecule has 1 aliphatic heterocycles. The van der Waals surface area contributed by atoms with Gasteiger partial charge in [-0.2, -0.15) is 5.01 Å². The molecule has 1 aromatic carbocycles. The van der Waals surface area contributed by atoms with Crippen molar-refractivity contribution in [1.82, 2.24) is 10.4 Å². The monoisotopic (exact) mass is 406 g/mol. The molecule has 0 bridgehead atoms. The fourth-order valence-corrected chi connectivity index (χ4v) is 2.95. The van der Waals surface area contributed by atoms with E-state index in [4.69, 9.17) is 14.2 Å². The van der Waals surface area contributed by atoms with Crippen LogP contribution in [-0.2, 0) is 24.5 Å². The highest BCUT2D eigenvalue weighted by Crippen LogP contribution is 2.34. The Morgan fingerprint density at radius 1 is 1.03 bits per heavy atom. The molecule has 1 atom stereocenters. The number of amides is 2. The van der Waals surface area contributed by atoms with Crippen LogP contribution in [0.1, 0.15) is 53.5 Å². The van der Waals surface area contributed by atoms with Crippen LogP contribution < -0.4 is 5.43 Å². The lowest BCUT2D eigenvalue weighted by atomic mass is 9.83. The highest BCUT2D eigenvalue weighted by molar-refractivity contribution is 5.94. The van der Waals surface area contributed by atoms with Gasteiger partial charge in [-0.3, -0.25) is 4.79 Å². The van der Waals surface area contributed by atoms with Gasteiger partial charge in [0.1, 0.15) is 11.2 Å². The van der Waals surface area contributed by atoms with E-state index in [0.29, 0.717) is 5.56 Å². The Morgan fingerprint density at radius 3 is 2.14 bits per heavy atom. The largest absolute Gasteiger partial charge is 0.443 e. The van der Waals surface area contributed by atoms with Crippen LogP contribution in [0.5, 0.6) is 0 Å². The molecular formula is C21H30N2O6. The lowest BCUT2D eigenvalue weighted by Crippen LogP contribution is -2.66. The Balaban J connectivity index is 2.53. The van der Waals surface area contributed by atoms with Crippen LogP contribution in [0, 0.1) is 0 Å². The molecular weight excluding hydrogens is 376 g/mol. The number of benzene rings is 1. The number of nitrogens with one attached hydrogen (secondary N) is 1. The molecule has 0 saturated carbocycles. The van der Waals surface area contributed by atoms with Gasteiger partial charge >= 0.3 is 12.2 Å². The zero-order chi connectivity index (χ0) is 21.9. The number of ketones is 1. The molecule has 2 rings (SSSR count). The van der Waals surface area contributed by atoms with Crippen molar-refractivity contribution in [2.24, 2.45) is 0 Å². The van der Waals surface area contributed by atoms with E-state index in [-0.39, 0.29) is 25.4 Å². The van der Waals surface area contributed by atoms with Crippen molar-refractivity contribution in [1.29, 1.82) is 0 Å². The maximum Gasteiger partial charge on any atom is 0.430 e. The second-order valence-corrected chi connectivity index (χ2v) is 8.88. The lowest BCUT2D eigenvalue weighted by Gasteiger charge is -2.44. The molecule has 1 fully saturated rings. The van der Waals surface area contributed by atoms with Gasteiger partial charge in [0.15, 0.2) is 11.3 Å². The van der Waals surface area contributed by atoms with Gasteiger partial charge in [-0.05, 0) is 47.1 Å². The van der Waals surface area contributed by atoms with E-state index in [1.807, 2.05) is 0 Å². The Kier molecular flexibility index (Phi) is 6.57. The van der Waals surface area contributed by atoms with Gasteiger partial charge in [-0.25, -0.2) is 15.0 Å². The molecule has 29 heavy (non-hydrogen) atoms. The Hall–Kier alpha value is -2.61. The van der Waals surface area contributed by atoms with Gasteiger partial charge in [-0.1, -0.05) is 30.3 Å². The average Bonchev–Trinajstić information content (AvgIpc) is 2.58. The third-order valence-corrected chi connectivity index (χ3v) is 4.06. The summed E-state index contributed by atoms with van der Waals surface area (Å²) in [6, 6.07) is 8.71. The zero-order valence-electron chi connectivity index (χ0n) is 17.9. The van der Waals surface area contributed by atoms with Crippen LogP contribution in [0.15, 0.2) is 30.3 Å². The quantitative estimate of drug-likeness (QED) is 0.755. The predicted molar refractivity (Wildman–Crippen MR) is 106 cm³/mol. The maximum atomic E-state index is 13.2. The summed E-state index contributed by atoms with van der Waals surface area (Å²) >= 11 is 0. The van der Waals surface area contributed by atoms with E-state index >= 15 is 0 Å². The van der Waals surface area contributed by atoms with Crippen molar-refractivity contribution >= 4 is 18.0 Å². The minimum Gasteiger partial charge on any atom is -0.443 e. The van der Waals surface area contributed by atoms with E-state index in [9.17, 15) is 14.4 Å². The molecule has 0 unspecified atom stereocenters. The van der Waals surface area contributed by atoms with Gasteiger partial charge in [0.25, 0.3) is 0 Å². The lowest BCUT2D eigenvalue weighted by molar-refractivity contribution is -0.148. The molecule has 2 amide bonds. The van der Waals surface area contributed by atoms with Crippen molar-refractivity contribution < 1.29 is 28.6 Å². The highest BCUT2D eigenvalue weighted by Gasteiger charge is 2.52. The van der Waals surface area contributed by atoms with E-state index in [0.717, 1.165) is 5.01 Å². The van der Waals surface area contributed by atoms with Crippen molar-refractivity contribution in [2.75, 3.05) is 13.2 Å². The maximum absolute atomic E-state index is 13.2. The molecule has 1 saturated heterocycles. The third-order valence-electron chi connectivity index (χ3n) is 4.06. The van der Waals surface area contributed by atoms with Gasteiger partial charge < -0.3 is 14.2 Å². The number of ether oxygens (including phenoxy) is 3. The molecule has 8 nitrogen and oxygen atoms in total. The smallest absolute Gasteiger partial charge is 0.430 e. The molecule has 1 aromatic rings. The van der Waals surface area contributed by atoms with Crippen LogP contribution in [-0.4, -0.2) is 47.4 Å². The van der Waals surface area contributed by atoms with Crippen molar-refractivity contribution in [2.45, 2.75) is 64.7 Å². The summed E-state index contributed by atoms with van der Waals surface area (Å²) in [5.41, 5.74) is -0.273. The average molecular weight is 406 g/mol. The SMILES string of the molecule is CC(C)(C)OC(=O)NN(C(=O)OC(C)(C)C)[C@]1(c2ccccc2)COCCC1=O. The van der Waals surface area contributed by atoms with E-state index in [1.165, 1.54) is 0 Å². The van der Waals surface area contributed by atoms with Gasteiger partial charge in [0, 0.05) is 6.42 Å². The van der Waals surface area contributed by atoms with Crippen molar-refractivity contribution in [3.63, 3.8) is 0 Å². The summed E-state index contributed by atoms with van der Waals surface area (Å²) in [5, 5.41) is 0.906. The number of carbonyl (C=O) groups is 3. The first-order valence-corrected chi connectivity index (χ1v) is 9.54. The van der Waals surface area contributed by atoms with Gasteiger partial charge in [0.05, 0.1) is 13.2 Å². The van der Waals surface area contributed by atoms with E-state index in [2.05, 4.69) is 5.43 Å². The summed E-state index contributed by atoms with van der Waals surface area (Å²) in [6.45, 7) is 10.3. The molecule has 0 aromatic heterocycles. The number of hydrogen-bond acceptors (Lipinski definition) is 6. The van der Waals surface area contributed by atoms with Gasteiger partial charge in [0.2, 0.25) is 0 Å². The van der Waals surface area contributed by atoms with Crippen LogP contribution in [0.4, 0.5) is 9.59 Å². The second-order valence-electron chi connectivity index (χ2n) is 8.88. The predicted octanol–water partition coefficient (Wildman–Crippen LogP) is 3.55. The summed E-state index contributed by atoms with van der Waals surface area (Å²) in [7, 11) is 0. The first-order valence-electron chi connectivity index (χ1n) is 9.54. The Morgan fingerprint density at radius 2 is 1.62 bits per heavy atom. The van der Waals surface area contributed by atoms with Crippen LogP contribution in [0.25, 0.3) is 0 Å². The summed E-state index contributed by atoms with van der Waals surface area (Å²) in [4.78, 5) is 38.8. The van der Waals surface area contributed by atoms with Crippen LogP contribution >= 0.6 is 0 Å². The normalized spacial score (nSPS) is 20.0. The van der Waals surface area contributed by atoms with Crippen LogP contribution in [0.3, 0.4) is 0 Å². The number of Topliss-reactive ketones (excluding diaryl/α,β-unsaturated/α-hetero) is 1. The van der Waals surface area contributed by atoms with Gasteiger partial charge in [-0.15, -0.1) is 0 Å². The highest BCUT2D eigenvalue weighted by atomic mass is 16.6. The Labute approximate surface area is 171 Å². The number of nitrogens with zero attached hydrogens (tertiary/aromatic N) is 1. The van der Waals surface area contributed by atoms with E-state index < -0.39 is 28.9 Å². The van der Waals surface area contributed by atoms with Crippen molar-refractivity contribution in [3.05, 3.63) is 35.9 Å². The molecule has 8 heteroatoms. The first-order chi connectivity index (χ1) is 13.3. The standard InChI is InChI=1S/C21H30N2O6/c1-19(2,3)28-17(25)22-23(18(26)29-20(4,5)6)21(14-27-13-12-16(21)24)15-10-8-7-9-11-15/h7-11H,12-14H2,1-6H3,(H,22,25)/t21-/m0/s1. The minimum absolute atomic E-state index is 0.0875. The molecule has 1 N–H and O–H groups in total. The fourth-order valence-electron chi connectivity index (χ4n) is 2.95. The molecule has 1 heterocycles. The minimum atomic E-state index is -1.57. The molecule has 0 spiro atoms. The molecule has 0 radical (unpaired) electrons. The fraction of sp³-hybridized carbons (Fsp3) is 0.571. The zero-order valence-corrected chi connectivity index (χ0v) is 17.9. The summed E-state index contributed by atoms with van der Waals surface area (Å²) in [6.07, 6.45) is -1.67. The van der Waals surface area contributed by atoms with Crippen LogP contribution in [0.2, 0.25) is 0 Å². The molecule has 0 aliphatic carbocycles.